The molecular weight excluding hydrogens is 394 g/mol. The van der Waals surface area contributed by atoms with E-state index in [2.05, 4.69) is 9.97 Å². The number of morpholine rings is 1. The van der Waals surface area contributed by atoms with Gasteiger partial charge in [0.2, 0.25) is 5.88 Å². The van der Waals surface area contributed by atoms with Crippen molar-refractivity contribution in [3.63, 3.8) is 0 Å². The van der Waals surface area contributed by atoms with E-state index in [4.69, 9.17) is 25.8 Å². The van der Waals surface area contributed by atoms with Crippen LogP contribution in [0.5, 0.6) is 5.88 Å². The number of fused-ring (bicyclic) bond motifs is 2. The van der Waals surface area contributed by atoms with Gasteiger partial charge in [-0.3, -0.25) is 9.88 Å². The van der Waals surface area contributed by atoms with Crippen LogP contribution in [0, 0.1) is 0 Å². The van der Waals surface area contributed by atoms with E-state index in [0.29, 0.717) is 17.6 Å². The number of nitrogens with zero attached hydrogens (tertiary/aromatic N) is 3. The zero-order valence-corrected chi connectivity index (χ0v) is 17.7. The molecule has 0 spiro atoms. The first-order valence-electron chi connectivity index (χ1n) is 9.99. The Morgan fingerprint density at radius 3 is 3.00 bits per heavy atom. The minimum Gasteiger partial charge on any atom is -0.474 e. The number of hydrogen-bond acceptors (Lipinski definition) is 6. The first-order valence-corrected chi connectivity index (χ1v) is 10.4. The van der Waals surface area contributed by atoms with Crippen molar-refractivity contribution in [2.75, 3.05) is 13.2 Å². The molecule has 1 saturated carbocycles. The summed E-state index contributed by atoms with van der Waals surface area (Å²) in [6.07, 6.45) is 4.05. The third-order valence-electron chi connectivity index (χ3n) is 5.15. The van der Waals surface area contributed by atoms with Crippen LogP contribution in [0.25, 0.3) is 10.9 Å². The lowest BCUT2D eigenvalue weighted by molar-refractivity contribution is -0.117. The monoisotopic (exact) mass is 419 g/mol. The topological polar surface area (TPSA) is 73.8 Å². The van der Waals surface area contributed by atoms with Gasteiger partial charge in [-0.1, -0.05) is 11.6 Å². The normalized spacial score (nSPS) is 24.4. The number of hydrogen-bond donors (Lipinski definition) is 0. The van der Waals surface area contributed by atoms with Crippen LogP contribution in [0.15, 0.2) is 24.4 Å². The Hall–Kier alpha value is -2.12. The maximum absolute atomic E-state index is 12.8. The molecule has 2 aliphatic rings. The van der Waals surface area contributed by atoms with Crippen molar-refractivity contribution in [2.45, 2.75) is 63.9 Å². The summed E-state index contributed by atoms with van der Waals surface area (Å²) < 4.78 is 17.8. The smallest absolute Gasteiger partial charge is 0.410 e. The molecular formula is C21H26ClN3O4. The van der Waals surface area contributed by atoms with E-state index < -0.39 is 5.60 Å². The molecule has 0 bridgehead atoms. The first-order chi connectivity index (χ1) is 13.8. The van der Waals surface area contributed by atoms with Gasteiger partial charge in [-0.2, -0.15) is 0 Å². The number of rotatable bonds is 3. The third-order valence-corrected chi connectivity index (χ3v) is 5.35. The summed E-state index contributed by atoms with van der Waals surface area (Å²) in [4.78, 5) is 23.2. The van der Waals surface area contributed by atoms with E-state index in [1.165, 1.54) is 0 Å². The van der Waals surface area contributed by atoms with Gasteiger partial charge in [-0.05, 0) is 52.2 Å². The molecule has 156 valence electrons. The van der Waals surface area contributed by atoms with Crippen LogP contribution >= 0.6 is 11.6 Å². The van der Waals surface area contributed by atoms with E-state index in [1.54, 1.807) is 12.3 Å². The molecule has 2 aromatic rings. The molecule has 8 heteroatoms. The molecule has 4 rings (SSSR count). The number of pyridine rings is 2. The third kappa shape index (κ3) is 4.56. The zero-order chi connectivity index (χ0) is 20.6. The Bertz CT molecular complexity index is 901. The molecule has 0 radical (unpaired) electrons. The Kier molecular flexibility index (Phi) is 5.53. The predicted octanol–water partition coefficient (Wildman–Crippen LogP) is 4.22. The highest BCUT2D eigenvalue weighted by atomic mass is 35.5. The standard InChI is InChI=1S/C21H26ClN3O4/c1-21(2,3)29-20(26)25-11-13(28-17-8-4-7-16(17)25)12-27-19-14-6-5-9-23-15(14)10-18(22)24-19/h5-6,9-10,13,16-17H,4,7-8,11-12H2,1-3H3/t13-,16-,17+/m0/s1. The molecule has 3 heterocycles. The fourth-order valence-corrected chi connectivity index (χ4v) is 4.17. The predicted molar refractivity (Wildman–Crippen MR) is 109 cm³/mol. The van der Waals surface area contributed by atoms with Gasteiger partial charge in [0, 0.05) is 12.3 Å². The van der Waals surface area contributed by atoms with Gasteiger partial charge < -0.3 is 14.2 Å². The quantitative estimate of drug-likeness (QED) is 0.693. The number of carbonyl (C=O) groups excluding carboxylic acids is 1. The maximum Gasteiger partial charge on any atom is 0.410 e. The van der Waals surface area contributed by atoms with Gasteiger partial charge >= 0.3 is 6.09 Å². The second kappa shape index (κ2) is 7.95. The van der Waals surface area contributed by atoms with Gasteiger partial charge in [0.1, 0.15) is 23.5 Å². The van der Waals surface area contributed by atoms with E-state index in [0.717, 1.165) is 30.2 Å². The second-order valence-electron chi connectivity index (χ2n) is 8.56. The van der Waals surface area contributed by atoms with Gasteiger partial charge in [-0.25, -0.2) is 9.78 Å². The van der Waals surface area contributed by atoms with Crippen LogP contribution in [0.3, 0.4) is 0 Å². The van der Waals surface area contributed by atoms with Crippen LogP contribution < -0.4 is 4.74 Å². The van der Waals surface area contributed by atoms with Gasteiger partial charge in [0.25, 0.3) is 0 Å². The van der Waals surface area contributed by atoms with Crippen molar-refractivity contribution in [3.8, 4) is 5.88 Å². The number of halogens is 1. The molecule has 3 atom stereocenters. The van der Waals surface area contributed by atoms with Crippen molar-refractivity contribution in [1.82, 2.24) is 14.9 Å². The number of aromatic nitrogens is 2. The Morgan fingerprint density at radius 2 is 2.21 bits per heavy atom. The van der Waals surface area contributed by atoms with Crippen LogP contribution in [0.1, 0.15) is 40.0 Å². The van der Waals surface area contributed by atoms with E-state index in [1.807, 2.05) is 37.8 Å². The highest BCUT2D eigenvalue weighted by molar-refractivity contribution is 6.30. The first kappa shape index (κ1) is 20.2. The van der Waals surface area contributed by atoms with Gasteiger partial charge in [-0.15, -0.1) is 0 Å². The molecule has 29 heavy (non-hydrogen) atoms. The Labute approximate surface area is 175 Å². The summed E-state index contributed by atoms with van der Waals surface area (Å²) in [6.45, 7) is 6.32. The SMILES string of the molecule is CC(C)(C)OC(=O)N1C[C@@H](COc2nc(Cl)cc3ncccc23)O[C@@H]2CCC[C@@H]21. The molecule has 0 aromatic carbocycles. The summed E-state index contributed by atoms with van der Waals surface area (Å²) >= 11 is 6.11. The molecule has 0 N–H and O–H groups in total. The summed E-state index contributed by atoms with van der Waals surface area (Å²) in [5.74, 6) is 0.418. The molecule has 1 aliphatic heterocycles. The van der Waals surface area contributed by atoms with Crippen LogP contribution in [0.2, 0.25) is 5.15 Å². The molecule has 1 saturated heterocycles. The van der Waals surface area contributed by atoms with Crippen LogP contribution in [-0.4, -0.2) is 58.0 Å². The second-order valence-corrected chi connectivity index (χ2v) is 8.95. The molecule has 1 aliphatic carbocycles. The average Bonchev–Trinajstić information content (AvgIpc) is 3.12. The maximum atomic E-state index is 12.8. The zero-order valence-electron chi connectivity index (χ0n) is 16.9. The summed E-state index contributed by atoms with van der Waals surface area (Å²) in [6, 6.07) is 5.49. The largest absolute Gasteiger partial charge is 0.474 e. The number of carbonyl (C=O) groups is 1. The molecule has 7 nitrogen and oxygen atoms in total. The molecule has 2 aromatic heterocycles. The number of ether oxygens (including phenoxy) is 3. The minimum absolute atomic E-state index is 0.00981. The van der Waals surface area contributed by atoms with Crippen LogP contribution in [0.4, 0.5) is 4.79 Å². The van der Waals surface area contributed by atoms with Crippen LogP contribution in [-0.2, 0) is 9.47 Å². The van der Waals surface area contributed by atoms with E-state index >= 15 is 0 Å². The van der Waals surface area contributed by atoms with Gasteiger partial charge in [0.05, 0.1) is 29.6 Å². The lowest BCUT2D eigenvalue weighted by Crippen LogP contribution is -2.57. The summed E-state index contributed by atoms with van der Waals surface area (Å²) in [5, 5.41) is 1.11. The van der Waals surface area contributed by atoms with Crippen molar-refractivity contribution in [2.24, 2.45) is 0 Å². The molecule has 2 fully saturated rings. The lowest BCUT2D eigenvalue weighted by atomic mass is 10.1. The lowest BCUT2D eigenvalue weighted by Gasteiger charge is -2.42. The van der Waals surface area contributed by atoms with Crippen molar-refractivity contribution < 1.29 is 19.0 Å². The molecule has 1 amide bonds. The van der Waals surface area contributed by atoms with Gasteiger partial charge in [0.15, 0.2) is 0 Å². The highest BCUT2D eigenvalue weighted by Crippen LogP contribution is 2.33. The molecule has 0 unspecified atom stereocenters. The Balaban J connectivity index is 1.49. The number of amides is 1. The van der Waals surface area contributed by atoms with Crippen molar-refractivity contribution in [1.29, 1.82) is 0 Å². The van der Waals surface area contributed by atoms with E-state index in [9.17, 15) is 4.79 Å². The highest BCUT2D eigenvalue weighted by Gasteiger charge is 2.43. The van der Waals surface area contributed by atoms with Crippen molar-refractivity contribution in [3.05, 3.63) is 29.5 Å². The Morgan fingerprint density at radius 1 is 1.38 bits per heavy atom. The average molecular weight is 420 g/mol. The minimum atomic E-state index is -0.536. The van der Waals surface area contributed by atoms with E-state index in [-0.39, 0.29) is 30.9 Å². The fourth-order valence-electron chi connectivity index (χ4n) is 3.99. The van der Waals surface area contributed by atoms with Crippen molar-refractivity contribution >= 4 is 28.6 Å². The summed E-state index contributed by atoms with van der Waals surface area (Å²) in [7, 11) is 0. The summed E-state index contributed by atoms with van der Waals surface area (Å²) in [5.41, 5.74) is 0.185. The fraction of sp³-hybridized carbons (Fsp3) is 0.571.